The molecule has 0 bridgehead atoms. The van der Waals surface area contributed by atoms with Crippen molar-refractivity contribution in [2.75, 3.05) is 6.61 Å². The summed E-state index contributed by atoms with van der Waals surface area (Å²) in [6.45, 7) is 2.21. The van der Waals surface area contributed by atoms with Crippen LogP contribution in [0.25, 0.3) is 11.1 Å². The lowest BCUT2D eigenvalue weighted by Crippen LogP contribution is -2.27. The van der Waals surface area contributed by atoms with Gasteiger partial charge in [0, 0.05) is 12.6 Å². The van der Waals surface area contributed by atoms with E-state index in [0.29, 0.717) is 12.1 Å². The second-order valence-electron chi connectivity index (χ2n) is 7.25. The first-order chi connectivity index (χ1) is 12.7. The van der Waals surface area contributed by atoms with Crippen LogP contribution < -0.4 is 5.69 Å². The van der Waals surface area contributed by atoms with Crippen LogP contribution in [0.3, 0.4) is 0 Å². The van der Waals surface area contributed by atoms with Gasteiger partial charge in [-0.2, -0.15) is 4.98 Å². The Balaban J connectivity index is 1.58. The van der Waals surface area contributed by atoms with Gasteiger partial charge in [-0.1, -0.05) is 45.4 Å². The van der Waals surface area contributed by atoms with Crippen molar-refractivity contribution >= 4 is 11.1 Å². The fourth-order valence-corrected chi connectivity index (χ4v) is 3.59. The molecule has 2 aromatic heterocycles. The maximum Gasteiger partial charge on any atom is 0.353 e. The molecule has 144 valence electrons. The molecule has 2 aromatic rings. The van der Waals surface area contributed by atoms with Crippen LogP contribution in [0.1, 0.15) is 76.7 Å². The van der Waals surface area contributed by atoms with Crippen molar-refractivity contribution in [2.45, 2.75) is 83.5 Å². The Morgan fingerprint density at radius 3 is 2.69 bits per heavy atom. The van der Waals surface area contributed by atoms with Gasteiger partial charge in [0.05, 0.1) is 18.1 Å². The SMILES string of the molecule is CCCCCCCCCc1cc2cn([C@@H]3CC[C@H](CO)O3)c(=O)nc2o1. The molecule has 1 fully saturated rings. The summed E-state index contributed by atoms with van der Waals surface area (Å²) in [5, 5.41) is 10.0. The Morgan fingerprint density at radius 2 is 1.96 bits per heavy atom. The molecule has 3 rings (SSSR count). The number of aromatic nitrogens is 2. The Kier molecular flexibility index (Phi) is 6.86. The number of aryl methyl sites for hydroxylation is 1. The van der Waals surface area contributed by atoms with Gasteiger partial charge in [0.1, 0.15) is 12.0 Å². The summed E-state index contributed by atoms with van der Waals surface area (Å²) in [6, 6.07) is 1.98. The maximum atomic E-state index is 12.3. The normalized spacial score (nSPS) is 20.2. The third kappa shape index (κ3) is 4.74. The lowest BCUT2D eigenvalue weighted by Gasteiger charge is -2.14. The van der Waals surface area contributed by atoms with E-state index in [1.807, 2.05) is 6.07 Å². The van der Waals surface area contributed by atoms with E-state index in [1.54, 1.807) is 6.20 Å². The quantitative estimate of drug-likeness (QED) is 0.648. The molecule has 1 aliphatic heterocycles. The van der Waals surface area contributed by atoms with Crippen molar-refractivity contribution in [1.29, 1.82) is 0 Å². The molecule has 6 nitrogen and oxygen atoms in total. The predicted molar refractivity (Wildman–Crippen MR) is 100 cm³/mol. The Morgan fingerprint density at radius 1 is 1.19 bits per heavy atom. The van der Waals surface area contributed by atoms with Crippen LogP contribution >= 0.6 is 0 Å². The average molecular weight is 362 g/mol. The van der Waals surface area contributed by atoms with Gasteiger partial charge in [-0.05, 0) is 25.3 Å². The highest BCUT2D eigenvalue weighted by atomic mass is 16.5. The van der Waals surface area contributed by atoms with Gasteiger partial charge in [0.25, 0.3) is 0 Å². The molecule has 1 aliphatic rings. The smallest absolute Gasteiger partial charge is 0.353 e. The molecule has 0 spiro atoms. The third-order valence-electron chi connectivity index (χ3n) is 5.11. The second-order valence-corrected chi connectivity index (χ2v) is 7.25. The topological polar surface area (TPSA) is 77.5 Å². The first-order valence-corrected chi connectivity index (χ1v) is 9.99. The van der Waals surface area contributed by atoms with Crippen molar-refractivity contribution in [1.82, 2.24) is 9.55 Å². The minimum Gasteiger partial charge on any atom is -0.443 e. The van der Waals surface area contributed by atoms with E-state index in [2.05, 4.69) is 11.9 Å². The van der Waals surface area contributed by atoms with Crippen LogP contribution in [-0.4, -0.2) is 27.4 Å². The van der Waals surface area contributed by atoms with E-state index in [1.165, 1.54) is 43.1 Å². The summed E-state index contributed by atoms with van der Waals surface area (Å²) < 4.78 is 13.0. The van der Waals surface area contributed by atoms with Crippen LogP contribution in [0.2, 0.25) is 0 Å². The summed E-state index contributed by atoms with van der Waals surface area (Å²) in [5.41, 5.74) is 0.0406. The lowest BCUT2D eigenvalue weighted by molar-refractivity contribution is -0.0243. The number of aliphatic hydroxyl groups excluding tert-OH is 1. The number of unbranched alkanes of at least 4 members (excludes halogenated alkanes) is 6. The molecule has 0 amide bonds. The summed E-state index contributed by atoms with van der Waals surface area (Å²) in [7, 11) is 0. The van der Waals surface area contributed by atoms with E-state index >= 15 is 0 Å². The van der Waals surface area contributed by atoms with Crippen molar-refractivity contribution in [3.63, 3.8) is 0 Å². The summed E-state index contributed by atoms with van der Waals surface area (Å²) in [6.07, 6.45) is 12.4. The monoisotopic (exact) mass is 362 g/mol. The number of nitrogens with zero attached hydrogens (tertiary/aromatic N) is 2. The molecule has 0 radical (unpaired) electrons. The number of hydrogen-bond donors (Lipinski definition) is 1. The zero-order valence-electron chi connectivity index (χ0n) is 15.7. The van der Waals surface area contributed by atoms with Gasteiger partial charge in [-0.3, -0.25) is 4.57 Å². The van der Waals surface area contributed by atoms with Crippen molar-refractivity contribution in [3.05, 3.63) is 28.5 Å². The molecule has 1 saturated heterocycles. The fourth-order valence-electron chi connectivity index (χ4n) is 3.59. The second kappa shape index (κ2) is 9.33. The number of hydrogen-bond acceptors (Lipinski definition) is 5. The highest BCUT2D eigenvalue weighted by Crippen LogP contribution is 2.28. The molecule has 6 heteroatoms. The maximum absolute atomic E-state index is 12.3. The van der Waals surface area contributed by atoms with Gasteiger partial charge < -0.3 is 14.3 Å². The van der Waals surface area contributed by atoms with Crippen LogP contribution in [-0.2, 0) is 11.2 Å². The highest BCUT2D eigenvalue weighted by Gasteiger charge is 2.27. The van der Waals surface area contributed by atoms with Crippen molar-refractivity contribution < 1.29 is 14.3 Å². The lowest BCUT2D eigenvalue weighted by atomic mass is 10.1. The number of ether oxygens (including phenoxy) is 1. The molecule has 2 atom stereocenters. The number of furan rings is 1. The number of rotatable bonds is 10. The number of aliphatic hydroxyl groups is 1. The predicted octanol–water partition coefficient (Wildman–Crippen LogP) is 3.95. The number of fused-ring (bicyclic) bond motifs is 1. The van der Waals surface area contributed by atoms with E-state index in [-0.39, 0.29) is 24.6 Å². The fraction of sp³-hybridized carbons (Fsp3) is 0.700. The molecule has 3 heterocycles. The largest absolute Gasteiger partial charge is 0.443 e. The van der Waals surface area contributed by atoms with E-state index < -0.39 is 0 Å². The van der Waals surface area contributed by atoms with Crippen LogP contribution in [0.4, 0.5) is 0 Å². The van der Waals surface area contributed by atoms with Crippen LogP contribution in [0.5, 0.6) is 0 Å². The van der Waals surface area contributed by atoms with Crippen LogP contribution in [0.15, 0.2) is 21.5 Å². The summed E-state index contributed by atoms with van der Waals surface area (Å²) in [5.74, 6) is 0.888. The van der Waals surface area contributed by atoms with Gasteiger partial charge in [-0.15, -0.1) is 0 Å². The first-order valence-electron chi connectivity index (χ1n) is 9.99. The van der Waals surface area contributed by atoms with Gasteiger partial charge in [0.2, 0.25) is 5.71 Å². The van der Waals surface area contributed by atoms with Crippen molar-refractivity contribution in [3.8, 4) is 0 Å². The van der Waals surface area contributed by atoms with E-state index in [9.17, 15) is 9.90 Å². The molecule has 0 aromatic carbocycles. The molecule has 0 aliphatic carbocycles. The van der Waals surface area contributed by atoms with Crippen molar-refractivity contribution in [2.24, 2.45) is 0 Å². The Labute approximate surface area is 154 Å². The van der Waals surface area contributed by atoms with E-state index in [4.69, 9.17) is 9.15 Å². The molecule has 0 unspecified atom stereocenters. The van der Waals surface area contributed by atoms with Gasteiger partial charge in [0.15, 0.2) is 0 Å². The average Bonchev–Trinajstić information content (AvgIpc) is 3.26. The molecular formula is C20H30N2O4. The highest BCUT2D eigenvalue weighted by molar-refractivity contribution is 5.72. The standard InChI is InChI=1S/C20H30N2O4/c1-2-3-4-5-6-7-8-9-16-12-15-13-22(20(24)21-19(15)26-16)18-11-10-17(14-23)25-18/h12-13,17-18,23H,2-11,14H2,1H3/t17-,18+/m1/s1. The van der Waals surface area contributed by atoms with Gasteiger partial charge >= 0.3 is 5.69 Å². The molecular weight excluding hydrogens is 332 g/mol. The zero-order valence-corrected chi connectivity index (χ0v) is 15.7. The molecule has 1 N–H and O–H groups in total. The minimum absolute atomic E-state index is 0.0186. The molecule has 26 heavy (non-hydrogen) atoms. The minimum atomic E-state index is -0.363. The van der Waals surface area contributed by atoms with Gasteiger partial charge in [-0.25, -0.2) is 4.79 Å². The summed E-state index contributed by atoms with van der Waals surface area (Å²) in [4.78, 5) is 16.3. The Bertz CT molecular complexity index is 752. The molecule has 0 saturated carbocycles. The van der Waals surface area contributed by atoms with E-state index in [0.717, 1.165) is 30.4 Å². The third-order valence-corrected chi connectivity index (χ3v) is 5.11. The Hall–Kier alpha value is -1.66. The first kappa shape index (κ1) is 19.1. The summed E-state index contributed by atoms with van der Waals surface area (Å²) >= 11 is 0. The van der Waals surface area contributed by atoms with Crippen LogP contribution in [0, 0.1) is 0 Å². The zero-order chi connectivity index (χ0) is 18.4.